The van der Waals surface area contributed by atoms with Gasteiger partial charge in [0.2, 0.25) is 0 Å². The lowest BCUT2D eigenvalue weighted by atomic mass is 10.1. The Labute approximate surface area is 168 Å². The molecule has 0 saturated heterocycles. The number of alkyl halides is 3. The number of urea groups is 1. The van der Waals surface area contributed by atoms with Gasteiger partial charge in [0.25, 0.3) is 0 Å². The van der Waals surface area contributed by atoms with Crippen molar-refractivity contribution < 1.29 is 22.7 Å². The molecule has 3 heterocycles. The molecule has 0 fully saturated rings. The lowest BCUT2D eigenvalue weighted by molar-refractivity contribution is -0.137. The molecule has 11 heteroatoms. The quantitative estimate of drug-likeness (QED) is 0.551. The fourth-order valence-corrected chi connectivity index (χ4v) is 3.22. The Morgan fingerprint density at radius 3 is 2.79 bits per heavy atom. The SMILES string of the molecule is CCCOCCNC(=O)Nc1nc2ccc(-c3cncc(C(F)(F)F)c3)nc2s1. The third kappa shape index (κ3) is 5.61. The molecule has 3 aromatic rings. The van der Waals surface area contributed by atoms with E-state index in [4.69, 9.17) is 4.74 Å². The maximum absolute atomic E-state index is 12.9. The van der Waals surface area contributed by atoms with Crippen LogP contribution in [0.5, 0.6) is 0 Å². The van der Waals surface area contributed by atoms with Gasteiger partial charge in [0.05, 0.1) is 17.9 Å². The summed E-state index contributed by atoms with van der Waals surface area (Å²) in [6.07, 6.45) is -1.49. The molecule has 0 aliphatic rings. The van der Waals surface area contributed by atoms with Gasteiger partial charge in [-0.25, -0.2) is 14.8 Å². The van der Waals surface area contributed by atoms with Crippen molar-refractivity contribution >= 4 is 32.8 Å². The number of fused-ring (bicyclic) bond motifs is 1. The zero-order chi connectivity index (χ0) is 20.9. The molecule has 0 atom stereocenters. The maximum Gasteiger partial charge on any atom is 0.417 e. The Hall–Kier alpha value is -2.79. The molecule has 0 aliphatic heterocycles. The van der Waals surface area contributed by atoms with E-state index in [2.05, 4.69) is 25.6 Å². The number of hydrogen-bond acceptors (Lipinski definition) is 6. The third-order valence-corrected chi connectivity index (χ3v) is 4.60. The van der Waals surface area contributed by atoms with Crippen LogP contribution in [0.25, 0.3) is 21.6 Å². The van der Waals surface area contributed by atoms with E-state index in [1.807, 2.05) is 6.92 Å². The van der Waals surface area contributed by atoms with Crippen molar-refractivity contribution in [2.24, 2.45) is 0 Å². The third-order valence-electron chi connectivity index (χ3n) is 3.72. The van der Waals surface area contributed by atoms with Crippen LogP contribution in [-0.2, 0) is 10.9 Å². The van der Waals surface area contributed by atoms with E-state index in [-0.39, 0.29) is 5.56 Å². The van der Waals surface area contributed by atoms with Crippen LogP contribution in [0.15, 0.2) is 30.6 Å². The van der Waals surface area contributed by atoms with Gasteiger partial charge in [0.15, 0.2) is 5.13 Å². The summed E-state index contributed by atoms with van der Waals surface area (Å²) in [4.78, 5) is 24.6. The smallest absolute Gasteiger partial charge is 0.380 e. The van der Waals surface area contributed by atoms with Crippen molar-refractivity contribution in [2.45, 2.75) is 19.5 Å². The van der Waals surface area contributed by atoms with Crippen LogP contribution in [0.2, 0.25) is 0 Å². The second-order valence-electron chi connectivity index (χ2n) is 5.99. The average molecular weight is 425 g/mol. The highest BCUT2D eigenvalue weighted by atomic mass is 32.1. The Kier molecular flexibility index (Phi) is 6.60. The molecule has 29 heavy (non-hydrogen) atoms. The van der Waals surface area contributed by atoms with E-state index < -0.39 is 17.8 Å². The summed E-state index contributed by atoms with van der Waals surface area (Å²) in [7, 11) is 0. The first-order valence-electron chi connectivity index (χ1n) is 8.79. The van der Waals surface area contributed by atoms with E-state index in [1.54, 1.807) is 12.1 Å². The van der Waals surface area contributed by atoms with Crippen molar-refractivity contribution in [1.82, 2.24) is 20.3 Å². The van der Waals surface area contributed by atoms with Crippen LogP contribution in [0.1, 0.15) is 18.9 Å². The van der Waals surface area contributed by atoms with Gasteiger partial charge in [-0.3, -0.25) is 10.3 Å². The number of pyridine rings is 2. The average Bonchev–Trinajstić information content (AvgIpc) is 3.08. The summed E-state index contributed by atoms with van der Waals surface area (Å²) < 4.78 is 43.9. The highest BCUT2D eigenvalue weighted by Crippen LogP contribution is 2.32. The van der Waals surface area contributed by atoms with Crippen molar-refractivity contribution in [2.75, 3.05) is 25.1 Å². The Balaban J connectivity index is 1.70. The number of aromatic nitrogens is 3. The monoisotopic (exact) mass is 425 g/mol. The molecule has 0 aromatic carbocycles. The number of ether oxygens (including phenoxy) is 1. The minimum absolute atomic E-state index is 0.245. The van der Waals surface area contributed by atoms with Crippen LogP contribution in [0.3, 0.4) is 0 Å². The van der Waals surface area contributed by atoms with Crippen LogP contribution in [0.4, 0.5) is 23.1 Å². The molecule has 0 spiro atoms. The molecule has 154 valence electrons. The summed E-state index contributed by atoms with van der Waals surface area (Å²) >= 11 is 1.12. The highest BCUT2D eigenvalue weighted by Gasteiger charge is 2.31. The van der Waals surface area contributed by atoms with Gasteiger partial charge < -0.3 is 10.1 Å². The van der Waals surface area contributed by atoms with Gasteiger partial charge in [0.1, 0.15) is 10.3 Å². The number of hydrogen-bond donors (Lipinski definition) is 2. The number of anilines is 1. The first kappa shape index (κ1) is 20.9. The lowest BCUT2D eigenvalue weighted by Crippen LogP contribution is -2.31. The molecule has 3 rings (SSSR count). The molecule has 2 amide bonds. The second kappa shape index (κ2) is 9.14. The predicted molar refractivity (Wildman–Crippen MR) is 104 cm³/mol. The van der Waals surface area contributed by atoms with Crippen molar-refractivity contribution in [1.29, 1.82) is 0 Å². The van der Waals surface area contributed by atoms with Gasteiger partial charge in [0, 0.05) is 31.1 Å². The number of carbonyl (C=O) groups is 1. The number of thiazole rings is 1. The molecule has 0 bridgehead atoms. The minimum Gasteiger partial charge on any atom is -0.380 e. The number of carbonyl (C=O) groups excluding carboxylic acids is 1. The van der Waals surface area contributed by atoms with Gasteiger partial charge >= 0.3 is 12.2 Å². The van der Waals surface area contributed by atoms with Crippen LogP contribution in [0, 0.1) is 0 Å². The predicted octanol–water partition coefficient (Wildman–Crippen LogP) is 4.32. The molecule has 0 unspecified atom stereocenters. The van der Waals surface area contributed by atoms with E-state index >= 15 is 0 Å². The summed E-state index contributed by atoms with van der Waals surface area (Å²) in [5, 5.41) is 5.59. The summed E-state index contributed by atoms with van der Waals surface area (Å²) in [6, 6.07) is 3.77. The molecule has 0 aliphatic carbocycles. The molecule has 0 saturated carbocycles. The topological polar surface area (TPSA) is 89.0 Å². The Bertz CT molecular complexity index is 993. The van der Waals surface area contributed by atoms with Gasteiger partial charge in [-0.1, -0.05) is 18.3 Å². The molecule has 7 nitrogen and oxygen atoms in total. The molecular weight excluding hydrogens is 407 g/mol. The molecule has 3 aromatic heterocycles. The van der Waals surface area contributed by atoms with Gasteiger partial charge in [-0.05, 0) is 24.6 Å². The largest absolute Gasteiger partial charge is 0.417 e. The summed E-state index contributed by atoms with van der Waals surface area (Å²) in [5.41, 5.74) is 0.265. The lowest BCUT2D eigenvalue weighted by Gasteiger charge is -2.07. The summed E-state index contributed by atoms with van der Waals surface area (Å²) in [6.45, 7) is 3.41. The Morgan fingerprint density at radius 1 is 1.21 bits per heavy atom. The fraction of sp³-hybridized carbons (Fsp3) is 0.333. The zero-order valence-electron chi connectivity index (χ0n) is 15.4. The van der Waals surface area contributed by atoms with E-state index in [0.29, 0.717) is 40.9 Å². The Morgan fingerprint density at radius 2 is 2.03 bits per heavy atom. The molecule has 2 N–H and O–H groups in total. The number of rotatable bonds is 7. The minimum atomic E-state index is -4.48. The van der Waals surface area contributed by atoms with E-state index in [0.717, 1.165) is 30.0 Å². The number of amides is 2. The van der Waals surface area contributed by atoms with Crippen LogP contribution >= 0.6 is 11.3 Å². The standard InChI is InChI=1S/C18H18F3N5O2S/c1-2-6-28-7-5-23-16(27)26-17-25-14-4-3-13(24-15(14)29-17)11-8-12(10-22-9-11)18(19,20)21/h3-4,8-10H,2,5-7H2,1H3,(H2,23,25,26,27). The molecule has 0 radical (unpaired) electrons. The van der Waals surface area contributed by atoms with E-state index in [1.165, 1.54) is 6.20 Å². The zero-order valence-corrected chi connectivity index (χ0v) is 16.2. The highest BCUT2D eigenvalue weighted by molar-refractivity contribution is 7.21. The number of nitrogens with one attached hydrogen (secondary N) is 2. The van der Waals surface area contributed by atoms with Crippen LogP contribution < -0.4 is 10.6 Å². The van der Waals surface area contributed by atoms with Crippen LogP contribution in [-0.4, -0.2) is 40.7 Å². The van der Waals surface area contributed by atoms with Crippen molar-refractivity contribution in [3.8, 4) is 11.3 Å². The summed E-state index contributed by atoms with van der Waals surface area (Å²) in [5.74, 6) is 0. The fourth-order valence-electron chi connectivity index (χ4n) is 2.39. The van der Waals surface area contributed by atoms with Crippen molar-refractivity contribution in [3.63, 3.8) is 0 Å². The normalized spacial score (nSPS) is 11.6. The number of halogens is 3. The van der Waals surface area contributed by atoms with E-state index in [9.17, 15) is 18.0 Å². The first-order valence-corrected chi connectivity index (χ1v) is 9.61. The second-order valence-corrected chi connectivity index (χ2v) is 6.97. The number of nitrogens with zero attached hydrogens (tertiary/aromatic N) is 3. The van der Waals surface area contributed by atoms with Gasteiger partial charge in [-0.2, -0.15) is 13.2 Å². The molecular formula is C18H18F3N5O2S. The first-order chi connectivity index (χ1) is 13.9. The van der Waals surface area contributed by atoms with Crippen molar-refractivity contribution in [3.05, 3.63) is 36.2 Å². The maximum atomic E-state index is 12.9. The van der Waals surface area contributed by atoms with Gasteiger partial charge in [-0.15, -0.1) is 0 Å².